The van der Waals surface area contributed by atoms with Crippen LogP contribution in [0.4, 0.5) is 4.79 Å². The zero-order valence-corrected chi connectivity index (χ0v) is 14.4. The summed E-state index contributed by atoms with van der Waals surface area (Å²) in [7, 11) is 2.17. The van der Waals surface area contributed by atoms with Crippen LogP contribution in [0.15, 0.2) is 30.3 Å². The Balaban J connectivity index is 1.74. The van der Waals surface area contributed by atoms with Crippen LogP contribution in [0.1, 0.15) is 18.9 Å². The minimum atomic E-state index is -0.219. The van der Waals surface area contributed by atoms with Crippen molar-refractivity contribution in [3.05, 3.63) is 35.9 Å². The van der Waals surface area contributed by atoms with Gasteiger partial charge in [0, 0.05) is 32.7 Å². The van der Waals surface area contributed by atoms with Crippen LogP contribution >= 0.6 is 0 Å². The summed E-state index contributed by atoms with van der Waals surface area (Å²) in [5.41, 5.74) is 1.02. The largest absolute Gasteiger partial charge is 0.445 e. The van der Waals surface area contributed by atoms with Gasteiger partial charge in [-0.15, -0.1) is 0 Å². The van der Waals surface area contributed by atoms with Crippen LogP contribution in [-0.4, -0.2) is 73.7 Å². The number of benzene rings is 1. The molecule has 0 radical (unpaired) electrons. The van der Waals surface area contributed by atoms with Crippen LogP contribution in [0, 0.1) is 0 Å². The van der Waals surface area contributed by atoms with E-state index in [2.05, 4.69) is 16.8 Å². The van der Waals surface area contributed by atoms with Gasteiger partial charge in [0.25, 0.3) is 0 Å². The fourth-order valence-electron chi connectivity index (χ4n) is 2.77. The van der Waals surface area contributed by atoms with Crippen molar-refractivity contribution >= 4 is 6.09 Å². The molecule has 5 heteroatoms. The van der Waals surface area contributed by atoms with E-state index in [0.717, 1.165) is 44.8 Å². The van der Waals surface area contributed by atoms with Gasteiger partial charge in [0.2, 0.25) is 0 Å². The topological polar surface area (TPSA) is 36.0 Å². The van der Waals surface area contributed by atoms with E-state index in [0.29, 0.717) is 13.2 Å². The molecule has 0 atom stereocenters. The number of ether oxygens (including phenoxy) is 1. The predicted molar refractivity (Wildman–Crippen MR) is 92.4 cm³/mol. The lowest BCUT2D eigenvalue weighted by molar-refractivity contribution is 0.0934. The summed E-state index contributed by atoms with van der Waals surface area (Å²) in [4.78, 5) is 18.8. The second kappa shape index (κ2) is 9.53. The first-order valence-corrected chi connectivity index (χ1v) is 8.55. The Morgan fingerprint density at radius 1 is 1.17 bits per heavy atom. The number of likely N-dealkylation sites (N-methyl/N-ethyl adjacent to an activating group) is 2. The van der Waals surface area contributed by atoms with E-state index in [-0.39, 0.29) is 6.09 Å². The van der Waals surface area contributed by atoms with Gasteiger partial charge in [-0.3, -0.25) is 0 Å². The van der Waals surface area contributed by atoms with Gasteiger partial charge < -0.3 is 19.4 Å². The molecule has 0 unspecified atom stereocenters. The molecule has 1 heterocycles. The first kappa shape index (κ1) is 17.8. The van der Waals surface area contributed by atoms with Gasteiger partial charge in [-0.25, -0.2) is 4.79 Å². The second-order valence-electron chi connectivity index (χ2n) is 6.12. The Labute approximate surface area is 139 Å². The average molecular weight is 319 g/mol. The van der Waals surface area contributed by atoms with E-state index >= 15 is 0 Å². The zero-order valence-electron chi connectivity index (χ0n) is 14.4. The van der Waals surface area contributed by atoms with Gasteiger partial charge in [-0.05, 0) is 39.0 Å². The van der Waals surface area contributed by atoms with Crippen molar-refractivity contribution in [2.45, 2.75) is 20.0 Å². The minimum Gasteiger partial charge on any atom is -0.445 e. The standard InChI is InChI=1S/C18H29N3O2/c1-3-21(15-14-20-11-7-10-19(2)12-13-20)18(22)23-16-17-8-5-4-6-9-17/h4-6,8-9H,3,7,10-16H2,1-2H3. The summed E-state index contributed by atoms with van der Waals surface area (Å²) >= 11 is 0. The third kappa shape index (κ3) is 6.20. The van der Waals surface area contributed by atoms with E-state index in [4.69, 9.17) is 4.74 Å². The molecule has 0 aromatic heterocycles. The number of rotatable bonds is 6. The van der Waals surface area contributed by atoms with Crippen LogP contribution < -0.4 is 0 Å². The molecule has 0 bridgehead atoms. The molecule has 23 heavy (non-hydrogen) atoms. The van der Waals surface area contributed by atoms with E-state index in [1.807, 2.05) is 37.3 Å². The van der Waals surface area contributed by atoms with Gasteiger partial charge in [0.15, 0.2) is 0 Å². The summed E-state index contributed by atoms with van der Waals surface area (Å²) in [6.45, 7) is 9.12. The normalized spacial score (nSPS) is 16.8. The molecule has 1 aromatic carbocycles. The van der Waals surface area contributed by atoms with Gasteiger partial charge in [0.1, 0.15) is 6.61 Å². The first-order valence-electron chi connectivity index (χ1n) is 8.55. The van der Waals surface area contributed by atoms with Crippen molar-refractivity contribution in [1.82, 2.24) is 14.7 Å². The highest BCUT2D eigenvalue weighted by Gasteiger charge is 2.16. The molecule has 1 fully saturated rings. The number of nitrogens with zero attached hydrogens (tertiary/aromatic N) is 3. The minimum absolute atomic E-state index is 0.219. The van der Waals surface area contributed by atoms with Gasteiger partial charge >= 0.3 is 6.09 Å². The fraction of sp³-hybridized carbons (Fsp3) is 0.611. The van der Waals surface area contributed by atoms with Crippen molar-refractivity contribution in [3.8, 4) is 0 Å². The smallest absolute Gasteiger partial charge is 0.410 e. The number of amides is 1. The van der Waals surface area contributed by atoms with Crippen molar-refractivity contribution in [1.29, 1.82) is 0 Å². The third-order valence-electron chi connectivity index (χ3n) is 4.34. The van der Waals surface area contributed by atoms with E-state index < -0.39 is 0 Å². The lowest BCUT2D eigenvalue weighted by Gasteiger charge is -2.25. The van der Waals surface area contributed by atoms with E-state index in [1.165, 1.54) is 6.42 Å². The van der Waals surface area contributed by atoms with Crippen LogP contribution in [0.5, 0.6) is 0 Å². The molecule has 1 saturated heterocycles. The van der Waals surface area contributed by atoms with E-state index in [9.17, 15) is 4.79 Å². The summed E-state index contributed by atoms with van der Waals surface area (Å²) < 4.78 is 5.42. The van der Waals surface area contributed by atoms with Crippen LogP contribution in [-0.2, 0) is 11.3 Å². The molecular weight excluding hydrogens is 290 g/mol. The molecule has 128 valence electrons. The molecule has 1 aromatic rings. The molecule has 0 N–H and O–H groups in total. The van der Waals surface area contributed by atoms with Gasteiger partial charge in [0.05, 0.1) is 0 Å². The van der Waals surface area contributed by atoms with Crippen LogP contribution in [0.2, 0.25) is 0 Å². The van der Waals surface area contributed by atoms with Gasteiger partial charge in [-0.2, -0.15) is 0 Å². The highest BCUT2D eigenvalue weighted by atomic mass is 16.6. The maximum atomic E-state index is 12.2. The summed E-state index contributed by atoms with van der Waals surface area (Å²) in [6, 6.07) is 9.81. The van der Waals surface area contributed by atoms with Crippen molar-refractivity contribution in [2.24, 2.45) is 0 Å². The highest BCUT2D eigenvalue weighted by molar-refractivity contribution is 5.67. The molecule has 2 rings (SSSR count). The summed E-state index contributed by atoms with van der Waals surface area (Å²) in [5.74, 6) is 0. The first-order chi connectivity index (χ1) is 11.2. The quantitative estimate of drug-likeness (QED) is 0.806. The molecule has 0 spiro atoms. The van der Waals surface area contributed by atoms with Crippen LogP contribution in [0.3, 0.4) is 0 Å². The highest BCUT2D eigenvalue weighted by Crippen LogP contribution is 2.05. The number of hydrogen-bond acceptors (Lipinski definition) is 4. The number of carbonyl (C=O) groups excluding carboxylic acids is 1. The Morgan fingerprint density at radius 2 is 1.96 bits per heavy atom. The molecule has 0 saturated carbocycles. The van der Waals surface area contributed by atoms with E-state index in [1.54, 1.807) is 4.90 Å². The third-order valence-corrected chi connectivity index (χ3v) is 4.34. The summed E-state index contributed by atoms with van der Waals surface area (Å²) in [6.07, 6.45) is 0.976. The van der Waals surface area contributed by atoms with Crippen LogP contribution in [0.25, 0.3) is 0 Å². The fourth-order valence-corrected chi connectivity index (χ4v) is 2.77. The Morgan fingerprint density at radius 3 is 2.70 bits per heavy atom. The average Bonchev–Trinajstić information content (AvgIpc) is 2.79. The number of hydrogen-bond donors (Lipinski definition) is 0. The monoisotopic (exact) mass is 319 g/mol. The molecule has 0 aliphatic carbocycles. The molecule has 1 aliphatic heterocycles. The Kier molecular flexibility index (Phi) is 7.36. The summed E-state index contributed by atoms with van der Waals surface area (Å²) in [5, 5.41) is 0. The van der Waals surface area contributed by atoms with Crippen molar-refractivity contribution in [3.63, 3.8) is 0 Å². The predicted octanol–water partition coefficient (Wildman–Crippen LogP) is 2.28. The molecular formula is C18H29N3O2. The lowest BCUT2D eigenvalue weighted by Crippen LogP contribution is -2.40. The van der Waals surface area contributed by atoms with Crippen molar-refractivity contribution in [2.75, 3.05) is 52.9 Å². The molecule has 1 aliphatic rings. The Hall–Kier alpha value is -1.59. The maximum absolute atomic E-state index is 12.2. The Bertz CT molecular complexity index is 467. The molecule has 5 nitrogen and oxygen atoms in total. The second-order valence-corrected chi connectivity index (χ2v) is 6.12. The van der Waals surface area contributed by atoms with Crippen molar-refractivity contribution < 1.29 is 9.53 Å². The zero-order chi connectivity index (χ0) is 16.5. The maximum Gasteiger partial charge on any atom is 0.410 e. The lowest BCUT2D eigenvalue weighted by atomic mass is 10.2. The SMILES string of the molecule is CCN(CCN1CCCN(C)CC1)C(=O)OCc1ccccc1. The van der Waals surface area contributed by atoms with Gasteiger partial charge in [-0.1, -0.05) is 30.3 Å². The molecule has 1 amide bonds. The number of carbonyl (C=O) groups is 1.